The molecule has 1 aliphatic heterocycles. The first-order valence-corrected chi connectivity index (χ1v) is 5.50. The first-order valence-electron chi connectivity index (χ1n) is 5.50. The quantitative estimate of drug-likeness (QED) is 0.732. The van der Waals surface area contributed by atoms with E-state index in [4.69, 9.17) is 4.74 Å². The number of carbonyl (C=O) groups is 2. The fraction of sp³-hybridized carbons (Fsp3) is 0.333. The standard InChI is InChI=1S/C12H14N2O3/c15-11(10-8-13-6-7-17-10)12(16)14-9-4-2-1-3-5-9/h1-5,10,13H,6-8H2,(H,14,16). The first kappa shape index (κ1) is 11.8. The highest BCUT2D eigenvalue weighted by molar-refractivity contribution is 6.42. The number of morpholine rings is 1. The van der Waals surface area contributed by atoms with Gasteiger partial charge in [-0.25, -0.2) is 0 Å². The highest BCUT2D eigenvalue weighted by atomic mass is 16.5. The average molecular weight is 234 g/mol. The van der Waals surface area contributed by atoms with Gasteiger partial charge in [-0.3, -0.25) is 9.59 Å². The van der Waals surface area contributed by atoms with Gasteiger partial charge in [0.15, 0.2) is 0 Å². The second-order valence-electron chi connectivity index (χ2n) is 3.75. The highest BCUT2D eigenvalue weighted by Crippen LogP contribution is 2.06. The van der Waals surface area contributed by atoms with Gasteiger partial charge in [0, 0.05) is 18.8 Å². The number of Topliss-reactive ketones (excluding diaryl/α,β-unsaturated/α-hetero) is 1. The molecule has 1 aliphatic rings. The summed E-state index contributed by atoms with van der Waals surface area (Å²) < 4.78 is 5.23. The molecule has 2 rings (SSSR count). The summed E-state index contributed by atoms with van der Waals surface area (Å²) in [6.07, 6.45) is -0.674. The van der Waals surface area contributed by atoms with Gasteiger partial charge in [-0.05, 0) is 12.1 Å². The van der Waals surface area contributed by atoms with Crippen LogP contribution in [0.3, 0.4) is 0 Å². The molecular formula is C12H14N2O3. The molecule has 0 aliphatic carbocycles. The molecule has 1 aromatic rings. The summed E-state index contributed by atoms with van der Waals surface area (Å²) in [7, 11) is 0. The minimum Gasteiger partial charge on any atom is -0.367 e. The Kier molecular flexibility index (Phi) is 3.85. The minimum atomic E-state index is -0.674. The molecule has 0 spiro atoms. The molecule has 5 nitrogen and oxygen atoms in total. The molecule has 1 fully saturated rings. The van der Waals surface area contributed by atoms with Crippen molar-refractivity contribution in [2.75, 3.05) is 25.0 Å². The molecular weight excluding hydrogens is 220 g/mol. The Balaban J connectivity index is 1.93. The number of para-hydroxylation sites is 1. The van der Waals surface area contributed by atoms with Crippen molar-refractivity contribution in [2.24, 2.45) is 0 Å². The summed E-state index contributed by atoms with van der Waals surface area (Å²) >= 11 is 0. The number of nitrogens with one attached hydrogen (secondary N) is 2. The Morgan fingerprint density at radius 1 is 1.29 bits per heavy atom. The van der Waals surface area contributed by atoms with E-state index in [-0.39, 0.29) is 0 Å². The third-order valence-electron chi connectivity index (χ3n) is 2.48. The van der Waals surface area contributed by atoms with Crippen molar-refractivity contribution in [1.82, 2.24) is 5.32 Å². The molecule has 1 aromatic carbocycles. The van der Waals surface area contributed by atoms with Crippen LogP contribution in [0, 0.1) is 0 Å². The maximum atomic E-state index is 11.7. The Morgan fingerprint density at radius 2 is 2.06 bits per heavy atom. The lowest BCUT2D eigenvalue weighted by Crippen LogP contribution is -2.46. The predicted octanol–water partition coefficient (Wildman–Crippen LogP) is 0.183. The number of hydrogen-bond donors (Lipinski definition) is 2. The molecule has 0 aromatic heterocycles. The Morgan fingerprint density at radius 3 is 2.71 bits per heavy atom. The van der Waals surface area contributed by atoms with Crippen molar-refractivity contribution in [3.8, 4) is 0 Å². The summed E-state index contributed by atoms with van der Waals surface area (Å²) in [6, 6.07) is 8.87. The normalized spacial score (nSPS) is 19.6. The van der Waals surface area contributed by atoms with Crippen LogP contribution >= 0.6 is 0 Å². The van der Waals surface area contributed by atoms with E-state index in [0.29, 0.717) is 25.4 Å². The molecule has 1 saturated heterocycles. The van der Waals surface area contributed by atoms with Gasteiger partial charge >= 0.3 is 0 Å². The summed E-state index contributed by atoms with van der Waals surface area (Å²) in [5.41, 5.74) is 0.606. The fourth-order valence-corrected chi connectivity index (χ4v) is 1.59. The number of benzene rings is 1. The van der Waals surface area contributed by atoms with Gasteiger partial charge in [-0.1, -0.05) is 18.2 Å². The van der Waals surface area contributed by atoms with E-state index in [2.05, 4.69) is 10.6 Å². The molecule has 90 valence electrons. The smallest absolute Gasteiger partial charge is 0.294 e. The zero-order chi connectivity index (χ0) is 12.1. The van der Waals surface area contributed by atoms with Crippen LogP contribution in [0.2, 0.25) is 0 Å². The molecule has 1 heterocycles. The number of ether oxygens (including phenoxy) is 1. The number of carbonyl (C=O) groups excluding carboxylic acids is 2. The predicted molar refractivity (Wildman–Crippen MR) is 62.7 cm³/mol. The maximum Gasteiger partial charge on any atom is 0.294 e. The Bertz CT molecular complexity index is 399. The lowest BCUT2D eigenvalue weighted by Gasteiger charge is -2.21. The number of rotatable bonds is 3. The zero-order valence-corrected chi connectivity index (χ0v) is 9.31. The number of hydrogen-bond acceptors (Lipinski definition) is 4. The molecule has 17 heavy (non-hydrogen) atoms. The topological polar surface area (TPSA) is 67.4 Å². The fourth-order valence-electron chi connectivity index (χ4n) is 1.59. The summed E-state index contributed by atoms with van der Waals surface area (Å²) in [4.78, 5) is 23.4. The molecule has 5 heteroatoms. The second kappa shape index (κ2) is 5.56. The highest BCUT2D eigenvalue weighted by Gasteiger charge is 2.27. The number of amides is 1. The summed E-state index contributed by atoms with van der Waals surface area (Å²) in [5, 5.41) is 5.55. The van der Waals surface area contributed by atoms with Crippen LogP contribution in [-0.2, 0) is 14.3 Å². The van der Waals surface area contributed by atoms with E-state index in [9.17, 15) is 9.59 Å². The van der Waals surface area contributed by atoms with E-state index >= 15 is 0 Å². The first-order chi connectivity index (χ1) is 8.27. The monoisotopic (exact) mass is 234 g/mol. The van der Waals surface area contributed by atoms with E-state index < -0.39 is 17.8 Å². The van der Waals surface area contributed by atoms with Crippen molar-refractivity contribution in [2.45, 2.75) is 6.10 Å². The average Bonchev–Trinajstić information content (AvgIpc) is 2.40. The van der Waals surface area contributed by atoms with Crippen molar-refractivity contribution in [3.63, 3.8) is 0 Å². The van der Waals surface area contributed by atoms with Crippen molar-refractivity contribution >= 4 is 17.4 Å². The van der Waals surface area contributed by atoms with Crippen molar-refractivity contribution in [3.05, 3.63) is 30.3 Å². The van der Waals surface area contributed by atoms with Crippen LogP contribution < -0.4 is 10.6 Å². The van der Waals surface area contributed by atoms with Gasteiger partial charge in [0.05, 0.1) is 6.61 Å². The van der Waals surface area contributed by atoms with Crippen LogP contribution in [0.1, 0.15) is 0 Å². The maximum absolute atomic E-state index is 11.7. The van der Waals surface area contributed by atoms with E-state index in [1.54, 1.807) is 24.3 Å². The van der Waals surface area contributed by atoms with Crippen molar-refractivity contribution < 1.29 is 14.3 Å². The number of anilines is 1. The lowest BCUT2D eigenvalue weighted by atomic mass is 10.2. The zero-order valence-electron chi connectivity index (χ0n) is 9.31. The second-order valence-corrected chi connectivity index (χ2v) is 3.75. The van der Waals surface area contributed by atoms with E-state index in [0.717, 1.165) is 0 Å². The largest absolute Gasteiger partial charge is 0.367 e. The van der Waals surface area contributed by atoms with Crippen LogP contribution in [0.5, 0.6) is 0 Å². The lowest BCUT2D eigenvalue weighted by molar-refractivity contribution is -0.143. The van der Waals surface area contributed by atoms with Crippen LogP contribution in [0.4, 0.5) is 5.69 Å². The van der Waals surface area contributed by atoms with Gasteiger partial charge < -0.3 is 15.4 Å². The summed E-state index contributed by atoms with van der Waals surface area (Å²) in [6.45, 7) is 1.56. The van der Waals surface area contributed by atoms with Crippen LogP contribution in [0.15, 0.2) is 30.3 Å². The van der Waals surface area contributed by atoms with E-state index in [1.165, 1.54) is 0 Å². The minimum absolute atomic E-state index is 0.390. The molecule has 2 N–H and O–H groups in total. The third kappa shape index (κ3) is 3.12. The molecule has 1 amide bonds. The van der Waals surface area contributed by atoms with Crippen LogP contribution in [0.25, 0.3) is 0 Å². The van der Waals surface area contributed by atoms with Gasteiger partial charge in [0.1, 0.15) is 6.10 Å². The third-order valence-corrected chi connectivity index (χ3v) is 2.48. The van der Waals surface area contributed by atoms with Gasteiger partial charge in [-0.15, -0.1) is 0 Å². The Hall–Kier alpha value is -1.72. The summed E-state index contributed by atoms with van der Waals surface area (Å²) in [5.74, 6) is -1.18. The molecule has 0 radical (unpaired) electrons. The van der Waals surface area contributed by atoms with Gasteiger partial charge in [0.2, 0.25) is 5.78 Å². The number of ketones is 1. The SMILES string of the molecule is O=C(Nc1ccccc1)C(=O)C1CNCCO1. The molecule has 1 unspecified atom stereocenters. The molecule has 1 atom stereocenters. The Labute approximate surface area is 99.2 Å². The van der Waals surface area contributed by atoms with E-state index in [1.807, 2.05) is 6.07 Å². The van der Waals surface area contributed by atoms with Crippen LogP contribution in [-0.4, -0.2) is 37.5 Å². The van der Waals surface area contributed by atoms with Gasteiger partial charge in [0.25, 0.3) is 5.91 Å². The van der Waals surface area contributed by atoms with Crippen molar-refractivity contribution in [1.29, 1.82) is 0 Å². The molecule has 0 saturated carbocycles. The molecule has 0 bridgehead atoms. The van der Waals surface area contributed by atoms with Gasteiger partial charge in [-0.2, -0.15) is 0 Å².